The number of rotatable bonds is 7. The molecule has 0 spiro atoms. The fourth-order valence-electron chi connectivity index (χ4n) is 3.36. The van der Waals surface area contributed by atoms with Gasteiger partial charge in [0.25, 0.3) is 0 Å². The lowest BCUT2D eigenvalue weighted by molar-refractivity contribution is 0.170. The van der Waals surface area contributed by atoms with Gasteiger partial charge < -0.3 is 5.11 Å². The van der Waals surface area contributed by atoms with Crippen LogP contribution < -0.4 is 0 Å². The van der Waals surface area contributed by atoms with Gasteiger partial charge in [0.05, 0.1) is 0 Å². The van der Waals surface area contributed by atoms with E-state index >= 15 is 0 Å². The molecule has 23 heavy (non-hydrogen) atoms. The van der Waals surface area contributed by atoms with Gasteiger partial charge in [0.15, 0.2) is 0 Å². The summed E-state index contributed by atoms with van der Waals surface area (Å²) in [5, 5.41) is 10.3. The number of aromatic hydroxyl groups is 1. The third-order valence-corrected chi connectivity index (χ3v) is 4.52. The van der Waals surface area contributed by atoms with E-state index in [2.05, 4.69) is 56.9 Å². The van der Waals surface area contributed by atoms with Crippen LogP contribution in [0.5, 0.6) is 5.75 Å². The molecule has 0 heterocycles. The molecule has 2 nitrogen and oxygen atoms in total. The predicted octanol–water partition coefficient (Wildman–Crippen LogP) is 5.03. The lowest BCUT2D eigenvalue weighted by atomic mass is 9.87. The van der Waals surface area contributed by atoms with Crippen LogP contribution in [0.2, 0.25) is 0 Å². The molecule has 1 atom stereocenters. The summed E-state index contributed by atoms with van der Waals surface area (Å²) < 4.78 is 0. The summed E-state index contributed by atoms with van der Waals surface area (Å²) in [5.74, 6) is 0.611. The largest absolute Gasteiger partial charge is 0.508 e. The van der Waals surface area contributed by atoms with Crippen molar-refractivity contribution in [1.29, 1.82) is 0 Å². The van der Waals surface area contributed by atoms with Crippen LogP contribution in [0.4, 0.5) is 0 Å². The van der Waals surface area contributed by atoms with Gasteiger partial charge in [0.1, 0.15) is 5.75 Å². The topological polar surface area (TPSA) is 23.5 Å². The van der Waals surface area contributed by atoms with Crippen LogP contribution in [-0.2, 0) is 0 Å². The summed E-state index contributed by atoms with van der Waals surface area (Å²) in [7, 11) is 0. The highest BCUT2D eigenvalue weighted by Gasteiger charge is 2.20. The quantitative estimate of drug-likeness (QED) is 0.775. The lowest BCUT2D eigenvalue weighted by Crippen LogP contribution is -2.38. The molecule has 0 aromatic heterocycles. The Labute approximate surface area is 140 Å². The van der Waals surface area contributed by atoms with Gasteiger partial charge >= 0.3 is 0 Å². The summed E-state index contributed by atoms with van der Waals surface area (Å²) >= 11 is 0. The summed E-state index contributed by atoms with van der Waals surface area (Å²) in [6.07, 6.45) is 0.998. The van der Waals surface area contributed by atoms with E-state index < -0.39 is 0 Å². The average molecular weight is 311 g/mol. The Bertz CT molecular complexity index is 584. The van der Waals surface area contributed by atoms with E-state index in [-0.39, 0.29) is 5.92 Å². The molecule has 2 rings (SSSR count). The molecule has 2 heteroatoms. The van der Waals surface area contributed by atoms with E-state index in [9.17, 15) is 5.11 Å². The number of para-hydroxylation sites is 1. The molecule has 0 amide bonds. The molecule has 0 aliphatic heterocycles. The second-order valence-corrected chi connectivity index (χ2v) is 6.74. The second kappa shape index (κ2) is 8.16. The van der Waals surface area contributed by atoms with Crippen LogP contribution >= 0.6 is 0 Å². The first-order valence-electron chi connectivity index (χ1n) is 8.59. The first kappa shape index (κ1) is 17.6. The monoisotopic (exact) mass is 311 g/mol. The van der Waals surface area contributed by atoms with Crippen molar-refractivity contribution in [2.24, 2.45) is 0 Å². The molecule has 0 aliphatic rings. The Morgan fingerprint density at radius 2 is 1.39 bits per heavy atom. The fourth-order valence-corrected chi connectivity index (χ4v) is 3.36. The standard InChI is InChI=1S/C21H29NO/c1-16(2)22(17(3)4)15-14-19(18-10-6-5-7-11-18)20-12-8-9-13-21(20)23/h5-13,16-17,19,23H,14-15H2,1-4H3/t19-/m1/s1. The van der Waals surface area contributed by atoms with E-state index in [4.69, 9.17) is 0 Å². The first-order valence-corrected chi connectivity index (χ1v) is 8.59. The molecule has 2 aromatic carbocycles. The van der Waals surface area contributed by atoms with E-state index in [0.29, 0.717) is 17.8 Å². The van der Waals surface area contributed by atoms with Gasteiger partial charge in [-0.3, -0.25) is 4.90 Å². The van der Waals surface area contributed by atoms with Crippen molar-refractivity contribution in [3.63, 3.8) is 0 Å². The molecular weight excluding hydrogens is 282 g/mol. The minimum absolute atomic E-state index is 0.220. The molecule has 1 N–H and O–H groups in total. The lowest BCUT2D eigenvalue weighted by Gasteiger charge is -2.32. The maximum Gasteiger partial charge on any atom is 0.119 e. The zero-order valence-corrected chi connectivity index (χ0v) is 14.7. The Morgan fingerprint density at radius 3 is 1.96 bits per heavy atom. The SMILES string of the molecule is CC(C)N(CC[C@H](c1ccccc1)c1ccccc1O)C(C)C. The van der Waals surface area contributed by atoms with Gasteiger partial charge in [-0.05, 0) is 52.3 Å². The number of nitrogens with zero attached hydrogens (tertiary/aromatic N) is 1. The van der Waals surface area contributed by atoms with Crippen molar-refractivity contribution in [2.75, 3.05) is 6.54 Å². The van der Waals surface area contributed by atoms with Crippen LogP contribution in [0, 0.1) is 0 Å². The molecule has 0 bridgehead atoms. The van der Waals surface area contributed by atoms with E-state index in [0.717, 1.165) is 18.5 Å². The van der Waals surface area contributed by atoms with Crippen molar-refractivity contribution in [3.8, 4) is 5.75 Å². The summed E-state index contributed by atoms with van der Waals surface area (Å²) in [5.41, 5.74) is 2.28. The van der Waals surface area contributed by atoms with Gasteiger partial charge in [-0.2, -0.15) is 0 Å². The van der Waals surface area contributed by atoms with Crippen LogP contribution in [0.1, 0.15) is 51.2 Å². The third-order valence-electron chi connectivity index (χ3n) is 4.52. The second-order valence-electron chi connectivity index (χ2n) is 6.74. The molecule has 0 saturated carbocycles. The van der Waals surface area contributed by atoms with E-state index in [1.165, 1.54) is 5.56 Å². The Balaban J connectivity index is 2.27. The molecule has 0 aliphatic carbocycles. The highest BCUT2D eigenvalue weighted by atomic mass is 16.3. The number of phenols is 1. The highest BCUT2D eigenvalue weighted by Crippen LogP contribution is 2.34. The van der Waals surface area contributed by atoms with Gasteiger partial charge in [-0.25, -0.2) is 0 Å². The normalized spacial score (nSPS) is 13.0. The maximum atomic E-state index is 10.3. The number of hydrogen-bond donors (Lipinski definition) is 1. The van der Waals surface area contributed by atoms with Crippen LogP contribution in [0.15, 0.2) is 54.6 Å². The van der Waals surface area contributed by atoms with E-state index in [1.54, 1.807) is 6.07 Å². The molecule has 2 aromatic rings. The summed E-state index contributed by atoms with van der Waals surface area (Å²) in [6, 6.07) is 19.3. The fraction of sp³-hybridized carbons (Fsp3) is 0.429. The molecular formula is C21H29NO. The third kappa shape index (κ3) is 4.59. The Kier molecular flexibility index (Phi) is 6.23. The predicted molar refractivity (Wildman–Crippen MR) is 98.0 cm³/mol. The molecule has 0 fully saturated rings. The zero-order valence-electron chi connectivity index (χ0n) is 14.7. The van der Waals surface area contributed by atoms with Gasteiger partial charge in [-0.15, -0.1) is 0 Å². The van der Waals surface area contributed by atoms with Crippen LogP contribution in [-0.4, -0.2) is 28.6 Å². The van der Waals surface area contributed by atoms with Crippen molar-refractivity contribution < 1.29 is 5.11 Å². The highest BCUT2D eigenvalue weighted by molar-refractivity contribution is 5.41. The Hall–Kier alpha value is -1.80. The maximum absolute atomic E-state index is 10.3. The minimum Gasteiger partial charge on any atom is -0.508 e. The van der Waals surface area contributed by atoms with Crippen LogP contribution in [0.25, 0.3) is 0 Å². The van der Waals surface area contributed by atoms with E-state index in [1.807, 2.05) is 24.3 Å². The minimum atomic E-state index is 0.220. The van der Waals surface area contributed by atoms with Gasteiger partial charge in [0.2, 0.25) is 0 Å². The van der Waals surface area contributed by atoms with Crippen molar-refractivity contribution >= 4 is 0 Å². The molecule has 0 saturated heterocycles. The average Bonchev–Trinajstić information content (AvgIpc) is 2.53. The van der Waals surface area contributed by atoms with Crippen molar-refractivity contribution in [1.82, 2.24) is 4.90 Å². The van der Waals surface area contributed by atoms with Gasteiger partial charge in [0, 0.05) is 23.6 Å². The molecule has 124 valence electrons. The Morgan fingerprint density at radius 1 is 0.826 bits per heavy atom. The first-order chi connectivity index (χ1) is 11.0. The van der Waals surface area contributed by atoms with Crippen molar-refractivity contribution in [3.05, 3.63) is 65.7 Å². The summed E-state index contributed by atoms with van der Waals surface area (Å²) in [4.78, 5) is 2.51. The number of hydrogen-bond acceptors (Lipinski definition) is 2. The van der Waals surface area contributed by atoms with Gasteiger partial charge in [-0.1, -0.05) is 48.5 Å². The smallest absolute Gasteiger partial charge is 0.119 e. The zero-order chi connectivity index (χ0) is 16.8. The molecule has 0 unspecified atom stereocenters. The van der Waals surface area contributed by atoms with Crippen molar-refractivity contribution in [2.45, 2.75) is 52.1 Å². The number of phenolic OH excluding ortho intramolecular Hbond substituents is 1. The summed E-state index contributed by atoms with van der Waals surface area (Å²) in [6.45, 7) is 10.0. The van der Waals surface area contributed by atoms with Crippen LogP contribution in [0.3, 0.4) is 0 Å². The molecule has 0 radical (unpaired) electrons. The number of benzene rings is 2.